The van der Waals surface area contributed by atoms with Gasteiger partial charge < -0.3 is 13.9 Å². The number of aromatic nitrogens is 2. The lowest BCUT2D eigenvalue weighted by atomic mass is 10.0. The number of anilines is 3. The molecule has 10 aromatic rings. The molecule has 0 bridgehead atoms. The minimum absolute atomic E-state index is 0.630. The fraction of sp³-hybridized carbons (Fsp3) is 0. The first-order valence-corrected chi connectivity index (χ1v) is 17.2. The summed E-state index contributed by atoms with van der Waals surface area (Å²) in [5.74, 6) is 0.630. The molecule has 0 spiro atoms. The Morgan fingerprint density at radius 3 is 1.82 bits per heavy atom. The van der Waals surface area contributed by atoms with Crippen molar-refractivity contribution in [1.29, 1.82) is 0 Å². The van der Waals surface area contributed by atoms with E-state index in [0.29, 0.717) is 5.89 Å². The van der Waals surface area contributed by atoms with Gasteiger partial charge in [0.25, 0.3) is 0 Å². The number of para-hydroxylation sites is 2. The van der Waals surface area contributed by atoms with E-state index in [9.17, 15) is 0 Å². The predicted octanol–water partition coefficient (Wildman–Crippen LogP) is 12.9. The summed E-state index contributed by atoms with van der Waals surface area (Å²) in [7, 11) is 0. The minimum Gasteiger partial charge on any atom is -0.436 e. The molecule has 240 valence electrons. The second-order valence-corrected chi connectivity index (χ2v) is 12.8. The van der Waals surface area contributed by atoms with Crippen molar-refractivity contribution in [2.24, 2.45) is 0 Å². The third-order valence-corrected chi connectivity index (χ3v) is 9.80. The van der Waals surface area contributed by atoms with Gasteiger partial charge in [0.15, 0.2) is 5.58 Å². The number of benzene rings is 8. The van der Waals surface area contributed by atoms with Gasteiger partial charge in [-0.3, -0.25) is 0 Å². The van der Waals surface area contributed by atoms with Crippen LogP contribution in [0.4, 0.5) is 17.1 Å². The summed E-state index contributed by atoms with van der Waals surface area (Å²) in [5.41, 5.74) is 11.7. The maximum Gasteiger partial charge on any atom is 0.227 e. The lowest BCUT2D eigenvalue weighted by Gasteiger charge is -2.26. The number of fused-ring (bicyclic) bond motifs is 6. The maximum absolute atomic E-state index is 6.21. The summed E-state index contributed by atoms with van der Waals surface area (Å²) in [6.07, 6.45) is 0. The fourth-order valence-corrected chi connectivity index (χ4v) is 7.39. The zero-order valence-corrected chi connectivity index (χ0v) is 27.6. The van der Waals surface area contributed by atoms with E-state index in [1.807, 2.05) is 36.4 Å². The minimum atomic E-state index is 0.630. The second-order valence-electron chi connectivity index (χ2n) is 12.8. The summed E-state index contributed by atoms with van der Waals surface area (Å²) in [4.78, 5) is 7.30. The van der Waals surface area contributed by atoms with E-state index < -0.39 is 0 Å². The van der Waals surface area contributed by atoms with Crippen LogP contribution >= 0.6 is 0 Å². The quantitative estimate of drug-likeness (QED) is 0.179. The standard InChI is InChI=1S/C47H31N3O/c1-4-12-32(13-5-1)33-20-23-37(24-21-33)49(38-25-27-40-35(30-38)22-29-45-46(40)48-47(51-45)34-14-6-2-7-15-34)39-26-28-44-42(31-39)41-18-10-11-19-43(41)50(44)36-16-8-3-9-17-36/h1-31H. The molecule has 0 aliphatic carbocycles. The first-order valence-electron chi connectivity index (χ1n) is 17.2. The van der Waals surface area contributed by atoms with E-state index >= 15 is 0 Å². The highest BCUT2D eigenvalue weighted by Gasteiger charge is 2.19. The topological polar surface area (TPSA) is 34.2 Å². The molecule has 0 saturated heterocycles. The van der Waals surface area contributed by atoms with Crippen LogP contribution in [0, 0.1) is 0 Å². The Morgan fingerprint density at radius 1 is 0.431 bits per heavy atom. The van der Waals surface area contributed by atoms with Gasteiger partial charge in [0.1, 0.15) is 5.52 Å². The van der Waals surface area contributed by atoms with Crippen LogP contribution in [0.5, 0.6) is 0 Å². The monoisotopic (exact) mass is 653 g/mol. The van der Waals surface area contributed by atoms with Crippen LogP contribution in [0.2, 0.25) is 0 Å². The zero-order valence-electron chi connectivity index (χ0n) is 27.6. The molecular weight excluding hydrogens is 623 g/mol. The van der Waals surface area contributed by atoms with E-state index in [1.54, 1.807) is 0 Å². The van der Waals surface area contributed by atoms with Crippen LogP contribution in [0.3, 0.4) is 0 Å². The van der Waals surface area contributed by atoms with Gasteiger partial charge >= 0.3 is 0 Å². The molecule has 4 heteroatoms. The summed E-state index contributed by atoms with van der Waals surface area (Å²) < 4.78 is 8.57. The lowest BCUT2D eigenvalue weighted by molar-refractivity contribution is 0.620. The highest BCUT2D eigenvalue weighted by molar-refractivity contribution is 6.11. The molecule has 0 amide bonds. The normalized spacial score (nSPS) is 11.5. The van der Waals surface area contributed by atoms with Gasteiger partial charge in [-0.2, -0.15) is 0 Å². The van der Waals surface area contributed by atoms with Crippen LogP contribution in [0.15, 0.2) is 192 Å². The summed E-state index contributed by atoms with van der Waals surface area (Å²) in [5, 5.41) is 4.58. The van der Waals surface area contributed by atoms with Gasteiger partial charge in [0, 0.05) is 44.5 Å². The average Bonchev–Trinajstić information content (AvgIpc) is 3.79. The molecule has 0 N–H and O–H groups in total. The third kappa shape index (κ3) is 4.96. The van der Waals surface area contributed by atoms with Crippen molar-refractivity contribution in [3.63, 3.8) is 0 Å². The number of hydrogen-bond donors (Lipinski definition) is 0. The molecule has 0 atom stereocenters. The molecule has 51 heavy (non-hydrogen) atoms. The van der Waals surface area contributed by atoms with Crippen LogP contribution in [-0.2, 0) is 0 Å². The van der Waals surface area contributed by atoms with Gasteiger partial charge in [-0.25, -0.2) is 4.98 Å². The highest BCUT2D eigenvalue weighted by atomic mass is 16.3. The summed E-state index contributed by atoms with van der Waals surface area (Å²) in [6, 6.07) is 66.4. The van der Waals surface area contributed by atoms with Crippen molar-refractivity contribution in [3.8, 4) is 28.3 Å². The van der Waals surface area contributed by atoms with Crippen LogP contribution in [0.1, 0.15) is 0 Å². The summed E-state index contributed by atoms with van der Waals surface area (Å²) >= 11 is 0. The molecule has 2 aromatic heterocycles. The smallest absolute Gasteiger partial charge is 0.227 e. The molecule has 0 fully saturated rings. The fourth-order valence-electron chi connectivity index (χ4n) is 7.39. The molecule has 2 heterocycles. The Hall–Kier alpha value is -6.91. The van der Waals surface area contributed by atoms with E-state index in [-0.39, 0.29) is 0 Å². The van der Waals surface area contributed by atoms with Crippen molar-refractivity contribution < 1.29 is 4.42 Å². The number of rotatable bonds is 6. The molecule has 8 aromatic carbocycles. The Morgan fingerprint density at radius 2 is 1.04 bits per heavy atom. The predicted molar refractivity (Wildman–Crippen MR) is 211 cm³/mol. The van der Waals surface area contributed by atoms with Gasteiger partial charge in [0.05, 0.1) is 11.0 Å². The second kappa shape index (κ2) is 11.9. The van der Waals surface area contributed by atoms with E-state index in [2.05, 4.69) is 161 Å². The van der Waals surface area contributed by atoms with Gasteiger partial charge in [-0.05, 0) is 101 Å². The Balaban J connectivity index is 1.15. The summed E-state index contributed by atoms with van der Waals surface area (Å²) in [6.45, 7) is 0. The zero-order chi connectivity index (χ0) is 33.7. The van der Waals surface area contributed by atoms with Crippen molar-refractivity contribution in [1.82, 2.24) is 9.55 Å². The van der Waals surface area contributed by atoms with E-state index in [1.165, 1.54) is 32.9 Å². The SMILES string of the molecule is c1ccc(-c2ccc(N(c3ccc4c(ccc5oc(-c6ccccc6)nc54)c3)c3ccc4c(c3)c3ccccc3n4-c3ccccc3)cc2)cc1. The van der Waals surface area contributed by atoms with Crippen molar-refractivity contribution >= 4 is 60.7 Å². The maximum atomic E-state index is 6.21. The first kappa shape index (κ1) is 29.0. The third-order valence-electron chi connectivity index (χ3n) is 9.80. The van der Waals surface area contributed by atoms with Gasteiger partial charge in [-0.15, -0.1) is 0 Å². The molecule has 4 nitrogen and oxygen atoms in total. The Labute approximate surface area is 295 Å². The molecule has 0 radical (unpaired) electrons. The average molecular weight is 654 g/mol. The van der Waals surface area contributed by atoms with Crippen molar-refractivity contribution in [2.75, 3.05) is 4.90 Å². The molecule has 0 aliphatic heterocycles. The Kier molecular flexibility index (Phi) is 6.78. The number of nitrogens with zero attached hydrogens (tertiary/aromatic N) is 3. The van der Waals surface area contributed by atoms with Gasteiger partial charge in [0.2, 0.25) is 5.89 Å². The van der Waals surface area contributed by atoms with Crippen LogP contribution in [0.25, 0.3) is 71.9 Å². The molecule has 0 unspecified atom stereocenters. The molecule has 10 rings (SSSR count). The van der Waals surface area contributed by atoms with Crippen molar-refractivity contribution in [2.45, 2.75) is 0 Å². The molecule has 0 saturated carbocycles. The molecular formula is C47H31N3O. The van der Waals surface area contributed by atoms with Gasteiger partial charge in [-0.1, -0.05) is 103 Å². The van der Waals surface area contributed by atoms with Crippen LogP contribution < -0.4 is 4.90 Å². The largest absolute Gasteiger partial charge is 0.436 e. The number of oxazole rings is 1. The highest BCUT2D eigenvalue weighted by Crippen LogP contribution is 2.41. The first-order chi connectivity index (χ1) is 25.3. The van der Waals surface area contributed by atoms with Crippen molar-refractivity contribution in [3.05, 3.63) is 188 Å². The lowest BCUT2D eigenvalue weighted by Crippen LogP contribution is -2.10. The van der Waals surface area contributed by atoms with E-state index in [0.717, 1.165) is 50.2 Å². The Bertz CT molecular complexity index is 2840. The van der Waals surface area contributed by atoms with Crippen LogP contribution in [-0.4, -0.2) is 9.55 Å². The molecule has 0 aliphatic rings. The number of hydrogen-bond acceptors (Lipinski definition) is 3. The van der Waals surface area contributed by atoms with E-state index in [4.69, 9.17) is 9.40 Å².